The molecule has 0 bridgehead atoms. The second kappa shape index (κ2) is 7.91. The van der Waals surface area contributed by atoms with Crippen molar-refractivity contribution in [3.8, 4) is 11.5 Å². The van der Waals surface area contributed by atoms with Crippen LogP contribution in [0.25, 0.3) is 10.8 Å². The average molecular weight is 349 g/mol. The standard InChI is InChI=1S/C22H23NO3/c1-23(15-16-8-9-17-6-4-5-7-18(17)12-16)22(24)13-19-10-11-20(25-2)14-21(19)26-3/h4-12,14H,13,15H2,1-3H3. The summed E-state index contributed by atoms with van der Waals surface area (Å²) in [5.74, 6) is 1.42. The van der Waals surface area contributed by atoms with Crippen molar-refractivity contribution in [2.24, 2.45) is 0 Å². The molecule has 0 saturated heterocycles. The highest BCUT2D eigenvalue weighted by molar-refractivity contribution is 5.83. The lowest BCUT2D eigenvalue weighted by atomic mass is 10.1. The maximum atomic E-state index is 12.6. The highest BCUT2D eigenvalue weighted by Gasteiger charge is 2.14. The smallest absolute Gasteiger partial charge is 0.227 e. The van der Waals surface area contributed by atoms with Gasteiger partial charge in [-0.1, -0.05) is 42.5 Å². The van der Waals surface area contributed by atoms with E-state index < -0.39 is 0 Å². The van der Waals surface area contributed by atoms with Crippen LogP contribution >= 0.6 is 0 Å². The first-order chi connectivity index (χ1) is 12.6. The largest absolute Gasteiger partial charge is 0.497 e. The summed E-state index contributed by atoms with van der Waals surface area (Å²) in [7, 11) is 5.03. The summed E-state index contributed by atoms with van der Waals surface area (Å²) < 4.78 is 10.6. The molecule has 0 aromatic heterocycles. The van der Waals surface area contributed by atoms with Crippen LogP contribution in [-0.2, 0) is 17.8 Å². The molecule has 0 fully saturated rings. The summed E-state index contributed by atoms with van der Waals surface area (Å²) in [6, 6.07) is 20.0. The van der Waals surface area contributed by atoms with Crippen molar-refractivity contribution in [2.75, 3.05) is 21.3 Å². The number of carbonyl (C=O) groups is 1. The van der Waals surface area contributed by atoms with E-state index >= 15 is 0 Å². The van der Waals surface area contributed by atoms with Gasteiger partial charge in [0.15, 0.2) is 0 Å². The van der Waals surface area contributed by atoms with Crippen LogP contribution < -0.4 is 9.47 Å². The van der Waals surface area contributed by atoms with Crippen LogP contribution in [0.15, 0.2) is 60.7 Å². The molecule has 0 N–H and O–H groups in total. The Morgan fingerprint density at radius 3 is 2.42 bits per heavy atom. The fraction of sp³-hybridized carbons (Fsp3) is 0.227. The summed E-state index contributed by atoms with van der Waals surface area (Å²) in [6.07, 6.45) is 0.289. The van der Waals surface area contributed by atoms with Crippen LogP contribution in [0.2, 0.25) is 0 Å². The molecule has 0 radical (unpaired) electrons. The molecule has 0 heterocycles. The van der Waals surface area contributed by atoms with Crippen molar-refractivity contribution >= 4 is 16.7 Å². The maximum absolute atomic E-state index is 12.6. The fourth-order valence-electron chi connectivity index (χ4n) is 2.99. The maximum Gasteiger partial charge on any atom is 0.227 e. The van der Waals surface area contributed by atoms with E-state index in [-0.39, 0.29) is 12.3 Å². The van der Waals surface area contributed by atoms with E-state index in [9.17, 15) is 4.79 Å². The second-order valence-electron chi connectivity index (χ2n) is 6.29. The first kappa shape index (κ1) is 17.8. The highest BCUT2D eigenvalue weighted by Crippen LogP contribution is 2.25. The number of ether oxygens (including phenoxy) is 2. The quantitative estimate of drug-likeness (QED) is 0.674. The Labute approximate surface area is 154 Å². The number of hydrogen-bond donors (Lipinski definition) is 0. The molecule has 1 amide bonds. The zero-order valence-electron chi connectivity index (χ0n) is 15.4. The van der Waals surface area contributed by atoms with E-state index in [2.05, 4.69) is 30.3 Å². The number of rotatable bonds is 6. The van der Waals surface area contributed by atoms with Gasteiger partial charge in [0.25, 0.3) is 0 Å². The van der Waals surface area contributed by atoms with Gasteiger partial charge in [0.05, 0.1) is 20.6 Å². The lowest BCUT2D eigenvalue weighted by Crippen LogP contribution is -2.27. The molecular weight excluding hydrogens is 326 g/mol. The number of nitrogens with zero attached hydrogens (tertiary/aromatic N) is 1. The summed E-state index contributed by atoms with van der Waals surface area (Å²) in [4.78, 5) is 14.4. The minimum Gasteiger partial charge on any atom is -0.497 e. The van der Waals surface area contributed by atoms with Gasteiger partial charge in [-0.2, -0.15) is 0 Å². The number of likely N-dealkylation sites (N-methyl/N-ethyl adjacent to an activating group) is 1. The van der Waals surface area contributed by atoms with Crippen molar-refractivity contribution in [1.29, 1.82) is 0 Å². The number of benzene rings is 3. The number of methoxy groups -OCH3 is 2. The average Bonchev–Trinajstić information content (AvgIpc) is 2.68. The Bertz CT molecular complexity index is 920. The molecule has 0 unspecified atom stereocenters. The molecule has 3 rings (SSSR count). The van der Waals surface area contributed by atoms with Crippen molar-refractivity contribution in [3.05, 3.63) is 71.8 Å². The molecule has 3 aromatic rings. The first-order valence-electron chi connectivity index (χ1n) is 8.53. The summed E-state index contributed by atoms with van der Waals surface area (Å²) in [5.41, 5.74) is 1.96. The van der Waals surface area contributed by atoms with Crippen molar-refractivity contribution in [1.82, 2.24) is 4.90 Å². The third kappa shape index (κ3) is 3.97. The van der Waals surface area contributed by atoms with Gasteiger partial charge in [-0.3, -0.25) is 4.79 Å². The molecule has 134 valence electrons. The number of amides is 1. The van der Waals surface area contributed by atoms with Gasteiger partial charge in [-0.25, -0.2) is 0 Å². The Morgan fingerprint density at radius 1 is 0.923 bits per heavy atom. The molecule has 0 saturated carbocycles. The highest BCUT2D eigenvalue weighted by atomic mass is 16.5. The number of carbonyl (C=O) groups excluding carboxylic acids is 1. The van der Waals surface area contributed by atoms with Crippen LogP contribution in [0.3, 0.4) is 0 Å². The lowest BCUT2D eigenvalue weighted by Gasteiger charge is -2.19. The third-order valence-corrected chi connectivity index (χ3v) is 4.50. The monoisotopic (exact) mass is 349 g/mol. The number of hydrogen-bond acceptors (Lipinski definition) is 3. The summed E-state index contributed by atoms with van der Waals surface area (Å²) in [6.45, 7) is 0.572. The van der Waals surface area contributed by atoms with Gasteiger partial charge >= 0.3 is 0 Å². The molecule has 0 aliphatic heterocycles. The molecule has 4 nitrogen and oxygen atoms in total. The Balaban J connectivity index is 1.71. The first-order valence-corrected chi connectivity index (χ1v) is 8.53. The van der Waals surface area contributed by atoms with E-state index in [0.717, 1.165) is 11.1 Å². The molecular formula is C22H23NO3. The zero-order valence-corrected chi connectivity index (χ0v) is 15.4. The van der Waals surface area contributed by atoms with Crippen LogP contribution in [-0.4, -0.2) is 32.1 Å². The minimum atomic E-state index is 0.0432. The third-order valence-electron chi connectivity index (χ3n) is 4.50. The minimum absolute atomic E-state index is 0.0432. The molecule has 0 atom stereocenters. The Hall–Kier alpha value is -3.01. The number of fused-ring (bicyclic) bond motifs is 1. The molecule has 26 heavy (non-hydrogen) atoms. The molecule has 0 spiro atoms. The van der Waals surface area contributed by atoms with Crippen LogP contribution in [0, 0.1) is 0 Å². The van der Waals surface area contributed by atoms with Crippen LogP contribution in [0.5, 0.6) is 11.5 Å². The van der Waals surface area contributed by atoms with Crippen molar-refractivity contribution in [3.63, 3.8) is 0 Å². The van der Waals surface area contributed by atoms with Crippen LogP contribution in [0.1, 0.15) is 11.1 Å². The normalized spacial score (nSPS) is 10.6. The van der Waals surface area contributed by atoms with E-state index in [0.29, 0.717) is 18.0 Å². The van der Waals surface area contributed by atoms with Crippen molar-refractivity contribution < 1.29 is 14.3 Å². The van der Waals surface area contributed by atoms with Gasteiger partial charge < -0.3 is 14.4 Å². The molecule has 4 heteroatoms. The fourth-order valence-corrected chi connectivity index (χ4v) is 2.99. The Morgan fingerprint density at radius 2 is 1.69 bits per heavy atom. The van der Waals surface area contributed by atoms with Gasteiger partial charge in [-0.15, -0.1) is 0 Å². The van der Waals surface area contributed by atoms with E-state index in [1.54, 1.807) is 25.2 Å². The van der Waals surface area contributed by atoms with E-state index in [1.165, 1.54) is 10.8 Å². The summed E-state index contributed by atoms with van der Waals surface area (Å²) >= 11 is 0. The molecule has 0 aliphatic carbocycles. The predicted molar refractivity (Wildman–Crippen MR) is 104 cm³/mol. The SMILES string of the molecule is COc1ccc(CC(=O)N(C)Cc2ccc3ccccc3c2)c(OC)c1. The van der Waals surface area contributed by atoms with Gasteiger partial charge in [0.1, 0.15) is 11.5 Å². The predicted octanol–water partition coefficient (Wildman–Crippen LogP) is 4.06. The lowest BCUT2D eigenvalue weighted by molar-refractivity contribution is -0.129. The van der Waals surface area contributed by atoms with Gasteiger partial charge in [0.2, 0.25) is 5.91 Å². The second-order valence-corrected chi connectivity index (χ2v) is 6.29. The van der Waals surface area contributed by atoms with Crippen LogP contribution in [0.4, 0.5) is 0 Å². The van der Waals surface area contributed by atoms with Gasteiger partial charge in [0, 0.05) is 25.2 Å². The molecule has 0 aliphatic rings. The van der Waals surface area contributed by atoms with E-state index in [1.807, 2.05) is 31.3 Å². The van der Waals surface area contributed by atoms with Crippen molar-refractivity contribution in [2.45, 2.75) is 13.0 Å². The van der Waals surface area contributed by atoms with Gasteiger partial charge in [-0.05, 0) is 28.5 Å². The van der Waals surface area contributed by atoms with E-state index in [4.69, 9.17) is 9.47 Å². The molecule has 3 aromatic carbocycles. The zero-order chi connectivity index (χ0) is 18.5. The summed E-state index contributed by atoms with van der Waals surface area (Å²) in [5, 5.41) is 2.39. The topological polar surface area (TPSA) is 38.8 Å². The Kier molecular flexibility index (Phi) is 5.42.